The van der Waals surface area contributed by atoms with Crippen molar-refractivity contribution in [1.82, 2.24) is 10.2 Å². The summed E-state index contributed by atoms with van der Waals surface area (Å²) >= 11 is 0. The van der Waals surface area contributed by atoms with Crippen LogP contribution in [-0.2, 0) is 4.79 Å². The number of amides is 1. The van der Waals surface area contributed by atoms with Crippen LogP contribution in [0.25, 0.3) is 0 Å². The Bertz CT molecular complexity index is 497. The molecule has 1 N–H and O–H groups in total. The summed E-state index contributed by atoms with van der Waals surface area (Å²) in [6.07, 6.45) is 1.52. The van der Waals surface area contributed by atoms with Crippen LogP contribution in [0, 0.1) is 0 Å². The van der Waals surface area contributed by atoms with Crippen LogP contribution in [0.4, 0.5) is 0 Å². The summed E-state index contributed by atoms with van der Waals surface area (Å²) in [5.74, 6) is 0.833. The van der Waals surface area contributed by atoms with Crippen LogP contribution in [0.2, 0.25) is 0 Å². The Morgan fingerprint density at radius 1 is 1.13 bits per heavy atom. The molecule has 0 bridgehead atoms. The number of halogens is 1. The number of benzene rings is 1. The lowest BCUT2D eigenvalue weighted by Gasteiger charge is -2.19. The summed E-state index contributed by atoms with van der Waals surface area (Å²) < 4.78 is 5.35. The van der Waals surface area contributed by atoms with Gasteiger partial charge in [-0.25, -0.2) is 0 Å². The van der Waals surface area contributed by atoms with Gasteiger partial charge < -0.3 is 15.0 Å². The molecule has 0 radical (unpaired) electrons. The number of Topliss-reactive ketones (excluding diaryl/α,β-unsaturated/α-hetero) is 1. The quantitative estimate of drug-likeness (QED) is 0.807. The number of rotatable bonds is 6. The number of nitrogens with zero attached hydrogens (tertiary/aromatic N) is 1. The van der Waals surface area contributed by atoms with Gasteiger partial charge in [-0.3, -0.25) is 9.59 Å². The fourth-order valence-electron chi connectivity index (χ4n) is 2.52. The molecule has 23 heavy (non-hydrogen) atoms. The molecule has 0 spiro atoms. The Morgan fingerprint density at radius 2 is 1.87 bits per heavy atom. The van der Waals surface area contributed by atoms with E-state index in [1.807, 2.05) is 11.8 Å². The first kappa shape index (κ1) is 19.5. The summed E-state index contributed by atoms with van der Waals surface area (Å²) in [4.78, 5) is 26.1. The van der Waals surface area contributed by atoms with Crippen LogP contribution < -0.4 is 10.1 Å². The molecule has 0 saturated carbocycles. The number of ketones is 1. The molecule has 1 fully saturated rings. The summed E-state index contributed by atoms with van der Waals surface area (Å²) in [5.41, 5.74) is 0.633. The van der Waals surface area contributed by atoms with Crippen LogP contribution >= 0.6 is 12.4 Å². The average molecular weight is 341 g/mol. The van der Waals surface area contributed by atoms with Gasteiger partial charge in [-0.15, -0.1) is 12.4 Å². The second kappa shape index (κ2) is 10.2. The van der Waals surface area contributed by atoms with E-state index in [9.17, 15) is 9.59 Å². The molecular weight excluding hydrogens is 316 g/mol. The van der Waals surface area contributed by atoms with Crippen molar-refractivity contribution in [2.45, 2.75) is 26.2 Å². The molecule has 0 aliphatic carbocycles. The normalized spacial score (nSPS) is 14.6. The van der Waals surface area contributed by atoms with Gasteiger partial charge in [-0.1, -0.05) is 0 Å². The number of ether oxygens (including phenoxy) is 1. The van der Waals surface area contributed by atoms with E-state index in [2.05, 4.69) is 5.32 Å². The predicted molar refractivity (Wildman–Crippen MR) is 92.5 cm³/mol. The Labute approximate surface area is 143 Å². The van der Waals surface area contributed by atoms with Crippen LogP contribution in [0.15, 0.2) is 24.3 Å². The molecule has 6 heteroatoms. The Kier molecular flexibility index (Phi) is 8.66. The zero-order valence-corrected chi connectivity index (χ0v) is 14.4. The van der Waals surface area contributed by atoms with Crippen LogP contribution in [0.1, 0.15) is 36.5 Å². The maximum atomic E-state index is 12.2. The van der Waals surface area contributed by atoms with Gasteiger partial charge in [-0.05, 0) is 44.2 Å². The van der Waals surface area contributed by atoms with E-state index in [0.717, 1.165) is 38.3 Å². The highest BCUT2D eigenvalue weighted by atomic mass is 35.5. The van der Waals surface area contributed by atoms with Crippen LogP contribution in [0.5, 0.6) is 5.75 Å². The first-order valence-corrected chi connectivity index (χ1v) is 7.95. The van der Waals surface area contributed by atoms with Crippen molar-refractivity contribution in [2.75, 3.05) is 32.8 Å². The minimum absolute atomic E-state index is 0. The number of hydrogen-bond donors (Lipinski definition) is 1. The topological polar surface area (TPSA) is 58.6 Å². The van der Waals surface area contributed by atoms with Gasteiger partial charge in [0.25, 0.3) is 0 Å². The van der Waals surface area contributed by atoms with E-state index >= 15 is 0 Å². The van der Waals surface area contributed by atoms with Gasteiger partial charge in [0, 0.05) is 38.0 Å². The lowest BCUT2D eigenvalue weighted by molar-refractivity contribution is -0.130. The van der Waals surface area contributed by atoms with E-state index in [1.54, 1.807) is 24.3 Å². The van der Waals surface area contributed by atoms with E-state index in [1.165, 1.54) is 0 Å². The molecule has 5 nitrogen and oxygen atoms in total. The van der Waals surface area contributed by atoms with Gasteiger partial charge in [0.1, 0.15) is 5.75 Å². The summed E-state index contributed by atoms with van der Waals surface area (Å²) in [7, 11) is 0. The summed E-state index contributed by atoms with van der Waals surface area (Å²) in [5, 5.41) is 3.27. The van der Waals surface area contributed by atoms with E-state index < -0.39 is 0 Å². The van der Waals surface area contributed by atoms with Crippen molar-refractivity contribution >= 4 is 24.1 Å². The van der Waals surface area contributed by atoms with E-state index in [0.29, 0.717) is 12.2 Å². The van der Waals surface area contributed by atoms with Gasteiger partial charge >= 0.3 is 0 Å². The van der Waals surface area contributed by atoms with Gasteiger partial charge in [0.15, 0.2) is 5.78 Å². The largest absolute Gasteiger partial charge is 0.494 e. The minimum atomic E-state index is 0. The number of carbonyl (C=O) groups is 2. The molecule has 0 aromatic heterocycles. The Balaban J connectivity index is 0.00000264. The fraction of sp³-hybridized carbons (Fsp3) is 0.529. The van der Waals surface area contributed by atoms with Crippen LogP contribution in [-0.4, -0.2) is 49.4 Å². The van der Waals surface area contributed by atoms with Gasteiger partial charge in [0.2, 0.25) is 5.91 Å². The number of nitrogens with one attached hydrogen (secondary N) is 1. The molecule has 1 heterocycles. The standard InChI is InChI=1S/C17H24N2O3.ClH/c1-2-22-15-6-4-14(5-7-15)16(20)8-9-17(21)19-12-3-10-18-11-13-19;/h4-7,18H,2-3,8-13H2,1H3;1H. The number of carbonyl (C=O) groups excluding carboxylic acids is 2. The molecule has 1 aromatic rings. The molecule has 2 rings (SSSR count). The third-order valence-corrected chi connectivity index (χ3v) is 3.75. The zero-order chi connectivity index (χ0) is 15.8. The summed E-state index contributed by atoms with van der Waals surface area (Å²) in [6, 6.07) is 7.10. The predicted octanol–water partition coefficient (Wildman–Crippen LogP) is 2.29. The third-order valence-electron chi connectivity index (χ3n) is 3.75. The molecule has 1 saturated heterocycles. The fourth-order valence-corrected chi connectivity index (χ4v) is 2.52. The van der Waals surface area contributed by atoms with E-state index in [4.69, 9.17) is 4.74 Å². The zero-order valence-electron chi connectivity index (χ0n) is 13.5. The SMILES string of the molecule is CCOc1ccc(C(=O)CCC(=O)N2CCCNCC2)cc1.Cl. The lowest BCUT2D eigenvalue weighted by atomic mass is 10.1. The van der Waals surface area contributed by atoms with Crippen molar-refractivity contribution in [2.24, 2.45) is 0 Å². The van der Waals surface area contributed by atoms with Crippen molar-refractivity contribution in [1.29, 1.82) is 0 Å². The monoisotopic (exact) mass is 340 g/mol. The molecular formula is C17H25ClN2O3. The summed E-state index contributed by atoms with van der Waals surface area (Å²) in [6.45, 7) is 5.82. The molecule has 1 aliphatic heterocycles. The second-order valence-corrected chi connectivity index (χ2v) is 5.36. The van der Waals surface area contributed by atoms with Crippen LogP contribution in [0.3, 0.4) is 0 Å². The maximum absolute atomic E-state index is 12.2. The first-order chi connectivity index (χ1) is 10.7. The second-order valence-electron chi connectivity index (χ2n) is 5.36. The average Bonchev–Trinajstić information content (AvgIpc) is 2.82. The van der Waals surface area contributed by atoms with Crippen molar-refractivity contribution in [3.05, 3.63) is 29.8 Å². The Morgan fingerprint density at radius 3 is 2.57 bits per heavy atom. The highest BCUT2D eigenvalue weighted by Crippen LogP contribution is 2.14. The maximum Gasteiger partial charge on any atom is 0.223 e. The molecule has 1 aromatic carbocycles. The van der Waals surface area contributed by atoms with Gasteiger partial charge in [-0.2, -0.15) is 0 Å². The molecule has 0 unspecified atom stereocenters. The minimum Gasteiger partial charge on any atom is -0.494 e. The van der Waals surface area contributed by atoms with Gasteiger partial charge in [0.05, 0.1) is 6.61 Å². The number of hydrogen-bond acceptors (Lipinski definition) is 4. The molecule has 1 aliphatic rings. The molecule has 128 valence electrons. The van der Waals surface area contributed by atoms with E-state index in [-0.39, 0.29) is 36.9 Å². The lowest BCUT2D eigenvalue weighted by Crippen LogP contribution is -2.34. The highest BCUT2D eigenvalue weighted by molar-refractivity contribution is 5.98. The smallest absolute Gasteiger partial charge is 0.223 e. The highest BCUT2D eigenvalue weighted by Gasteiger charge is 2.16. The van der Waals surface area contributed by atoms with Crippen molar-refractivity contribution in [3.63, 3.8) is 0 Å². The first-order valence-electron chi connectivity index (χ1n) is 7.95. The van der Waals surface area contributed by atoms with Crippen molar-refractivity contribution in [3.8, 4) is 5.75 Å². The molecule has 0 atom stereocenters. The third kappa shape index (κ3) is 6.20. The van der Waals surface area contributed by atoms with Crippen molar-refractivity contribution < 1.29 is 14.3 Å². The Hall–Kier alpha value is -1.59. The molecule has 1 amide bonds.